The van der Waals surface area contributed by atoms with Crippen LogP contribution < -0.4 is 5.32 Å². The third-order valence-corrected chi connectivity index (χ3v) is 3.43. The molecule has 1 atom stereocenters. The molecule has 3 nitrogen and oxygen atoms in total. The number of nitrogens with one attached hydrogen (secondary N) is 1. The van der Waals surface area contributed by atoms with E-state index in [1.807, 2.05) is 30.9 Å². The smallest absolute Gasteiger partial charge is 0.0604 e. The zero-order valence-electron chi connectivity index (χ0n) is 11.6. The largest absolute Gasteiger partial charge is 0.311 e. The molecule has 1 N–H and O–H groups in total. The van der Waals surface area contributed by atoms with Gasteiger partial charge in [-0.25, -0.2) is 0 Å². The van der Waals surface area contributed by atoms with Crippen LogP contribution in [-0.2, 0) is 6.54 Å². The number of benzene rings is 1. The molecule has 2 rings (SSSR count). The first-order chi connectivity index (χ1) is 8.60. The van der Waals surface area contributed by atoms with Crippen LogP contribution in [0.5, 0.6) is 0 Å². The fourth-order valence-corrected chi connectivity index (χ4v) is 2.10. The summed E-state index contributed by atoms with van der Waals surface area (Å²) in [5.74, 6) is 0. The summed E-state index contributed by atoms with van der Waals surface area (Å²) in [5.41, 5.74) is 5.05. The summed E-state index contributed by atoms with van der Waals surface area (Å²) in [7, 11) is 2.00. The van der Waals surface area contributed by atoms with Crippen molar-refractivity contribution in [3.05, 3.63) is 52.8 Å². The fourth-order valence-electron chi connectivity index (χ4n) is 2.10. The minimum Gasteiger partial charge on any atom is -0.311 e. The predicted molar refractivity (Wildman–Crippen MR) is 74.7 cm³/mol. The summed E-state index contributed by atoms with van der Waals surface area (Å²) in [4.78, 5) is 0. The van der Waals surface area contributed by atoms with E-state index in [1.165, 1.54) is 16.7 Å². The van der Waals surface area contributed by atoms with Gasteiger partial charge in [0.1, 0.15) is 0 Å². The van der Waals surface area contributed by atoms with Crippen molar-refractivity contribution < 1.29 is 0 Å². The van der Waals surface area contributed by atoms with Gasteiger partial charge >= 0.3 is 0 Å². The number of rotatable bonds is 4. The van der Waals surface area contributed by atoms with Gasteiger partial charge in [-0.1, -0.05) is 18.2 Å². The first kappa shape index (κ1) is 12.8. The molecule has 2 aromatic rings. The van der Waals surface area contributed by atoms with Crippen LogP contribution in [0.1, 0.15) is 28.4 Å². The Labute approximate surface area is 109 Å². The molecule has 0 aliphatic carbocycles. The van der Waals surface area contributed by atoms with E-state index in [9.17, 15) is 0 Å². The Hall–Kier alpha value is -1.61. The highest BCUT2D eigenvalue weighted by molar-refractivity contribution is 5.31. The molecule has 0 bridgehead atoms. The molecule has 0 saturated carbocycles. The van der Waals surface area contributed by atoms with Gasteiger partial charge in [-0.2, -0.15) is 5.10 Å². The van der Waals surface area contributed by atoms with Crippen LogP contribution in [0.2, 0.25) is 0 Å². The molecule has 0 spiro atoms. The lowest BCUT2D eigenvalue weighted by molar-refractivity contribution is 0.466. The van der Waals surface area contributed by atoms with Crippen molar-refractivity contribution in [2.45, 2.75) is 33.4 Å². The van der Waals surface area contributed by atoms with Crippen molar-refractivity contribution in [1.82, 2.24) is 15.1 Å². The van der Waals surface area contributed by atoms with Gasteiger partial charge in [0, 0.05) is 6.20 Å². The monoisotopic (exact) mass is 243 g/mol. The van der Waals surface area contributed by atoms with E-state index in [4.69, 9.17) is 0 Å². The summed E-state index contributed by atoms with van der Waals surface area (Å²) in [6.45, 7) is 7.17. The average Bonchev–Trinajstić information content (AvgIpc) is 2.75. The highest BCUT2D eigenvalue weighted by Crippen LogP contribution is 2.18. The van der Waals surface area contributed by atoms with Crippen LogP contribution in [0.4, 0.5) is 0 Å². The van der Waals surface area contributed by atoms with E-state index in [-0.39, 0.29) is 0 Å². The quantitative estimate of drug-likeness (QED) is 0.895. The van der Waals surface area contributed by atoms with Crippen molar-refractivity contribution in [1.29, 1.82) is 0 Å². The Morgan fingerprint density at radius 1 is 1.17 bits per heavy atom. The second-order valence-corrected chi connectivity index (χ2v) is 4.86. The zero-order valence-corrected chi connectivity index (χ0v) is 11.6. The number of hydrogen-bond acceptors (Lipinski definition) is 2. The van der Waals surface area contributed by atoms with E-state index >= 15 is 0 Å². The topological polar surface area (TPSA) is 29.9 Å². The van der Waals surface area contributed by atoms with Gasteiger partial charge in [-0.3, -0.25) is 4.68 Å². The van der Waals surface area contributed by atoms with Crippen LogP contribution in [0.3, 0.4) is 0 Å². The summed E-state index contributed by atoms with van der Waals surface area (Å²) >= 11 is 0. The van der Waals surface area contributed by atoms with Crippen LogP contribution in [0.15, 0.2) is 30.5 Å². The first-order valence-corrected chi connectivity index (χ1v) is 6.34. The van der Waals surface area contributed by atoms with Gasteiger partial charge in [0.15, 0.2) is 0 Å². The Balaban J connectivity index is 2.19. The lowest BCUT2D eigenvalue weighted by Crippen LogP contribution is -2.22. The lowest BCUT2D eigenvalue weighted by Gasteiger charge is -2.18. The van der Waals surface area contributed by atoms with E-state index in [0.717, 1.165) is 12.2 Å². The van der Waals surface area contributed by atoms with E-state index < -0.39 is 0 Å². The number of aromatic nitrogens is 2. The van der Waals surface area contributed by atoms with Crippen LogP contribution in [0, 0.1) is 20.8 Å². The van der Waals surface area contributed by atoms with Gasteiger partial charge in [0.2, 0.25) is 0 Å². The highest BCUT2D eigenvalue weighted by atomic mass is 15.3. The number of aryl methyl sites for hydroxylation is 3. The summed E-state index contributed by atoms with van der Waals surface area (Å²) in [6.07, 6.45) is 2.03. The molecular weight excluding hydrogens is 222 g/mol. The standard InChI is InChI=1S/C15H21N3/c1-11-5-6-14(9-12(11)2)15(16-4)10-18-8-7-13(3)17-18/h5-9,15-16H,10H2,1-4H3. The molecule has 1 unspecified atom stereocenters. The summed E-state index contributed by atoms with van der Waals surface area (Å²) < 4.78 is 1.99. The Kier molecular flexibility index (Phi) is 3.82. The maximum atomic E-state index is 4.44. The maximum Gasteiger partial charge on any atom is 0.0604 e. The SMILES string of the molecule is CNC(Cn1ccc(C)n1)c1ccc(C)c(C)c1. The third-order valence-electron chi connectivity index (χ3n) is 3.43. The Morgan fingerprint density at radius 3 is 2.50 bits per heavy atom. The number of likely N-dealkylation sites (N-methyl/N-ethyl adjacent to an activating group) is 1. The van der Waals surface area contributed by atoms with Crippen LogP contribution in [-0.4, -0.2) is 16.8 Å². The van der Waals surface area contributed by atoms with Crippen molar-refractivity contribution in [3.8, 4) is 0 Å². The second kappa shape index (κ2) is 5.36. The second-order valence-electron chi connectivity index (χ2n) is 4.86. The van der Waals surface area contributed by atoms with Gasteiger partial charge in [-0.05, 0) is 50.6 Å². The first-order valence-electron chi connectivity index (χ1n) is 6.34. The summed E-state index contributed by atoms with van der Waals surface area (Å²) in [5, 5.41) is 7.80. The van der Waals surface area contributed by atoms with Crippen LogP contribution >= 0.6 is 0 Å². The van der Waals surface area contributed by atoms with E-state index in [1.54, 1.807) is 0 Å². The average molecular weight is 243 g/mol. The molecule has 0 saturated heterocycles. The molecule has 0 fully saturated rings. The number of hydrogen-bond donors (Lipinski definition) is 1. The zero-order chi connectivity index (χ0) is 13.1. The third kappa shape index (κ3) is 2.79. The molecule has 96 valence electrons. The van der Waals surface area contributed by atoms with Crippen molar-refractivity contribution in [2.24, 2.45) is 0 Å². The lowest BCUT2D eigenvalue weighted by atomic mass is 10.0. The van der Waals surface area contributed by atoms with Crippen molar-refractivity contribution >= 4 is 0 Å². The van der Waals surface area contributed by atoms with Crippen molar-refractivity contribution in [3.63, 3.8) is 0 Å². The molecule has 0 aliphatic rings. The molecule has 0 aliphatic heterocycles. The molecule has 1 aromatic carbocycles. The van der Waals surface area contributed by atoms with Crippen LogP contribution in [0.25, 0.3) is 0 Å². The molecule has 1 heterocycles. The predicted octanol–water partition coefficient (Wildman–Crippen LogP) is 2.77. The number of nitrogens with zero attached hydrogens (tertiary/aromatic N) is 2. The molecule has 1 aromatic heterocycles. The Morgan fingerprint density at radius 2 is 1.94 bits per heavy atom. The fraction of sp³-hybridized carbons (Fsp3) is 0.400. The van der Waals surface area contributed by atoms with Gasteiger partial charge < -0.3 is 5.32 Å². The molecule has 0 amide bonds. The van der Waals surface area contributed by atoms with Crippen molar-refractivity contribution in [2.75, 3.05) is 7.05 Å². The molecule has 3 heteroatoms. The Bertz CT molecular complexity index is 528. The normalized spacial score (nSPS) is 12.7. The minimum atomic E-state index is 0.295. The summed E-state index contributed by atoms with van der Waals surface area (Å²) in [6, 6.07) is 8.96. The molecule has 0 radical (unpaired) electrons. The molecule has 18 heavy (non-hydrogen) atoms. The maximum absolute atomic E-state index is 4.44. The van der Waals surface area contributed by atoms with E-state index in [0.29, 0.717) is 6.04 Å². The molecular formula is C15H21N3. The highest BCUT2D eigenvalue weighted by Gasteiger charge is 2.11. The van der Waals surface area contributed by atoms with Gasteiger partial charge in [-0.15, -0.1) is 0 Å². The minimum absolute atomic E-state index is 0.295. The van der Waals surface area contributed by atoms with E-state index in [2.05, 4.69) is 42.5 Å². The van der Waals surface area contributed by atoms with Gasteiger partial charge in [0.25, 0.3) is 0 Å². The van der Waals surface area contributed by atoms with Gasteiger partial charge in [0.05, 0.1) is 18.3 Å².